The number of aryl methyl sites for hydroxylation is 1. The van der Waals surface area contributed by atoms with E-state index in [1.165, 1.54) is 0 Å². The van der Waals surface area contributed by atoms with Crippen LogP contribution in [0.15, 0.2) is 18.2 Å². The summed E-state index contributed by atoms with van der Waals surface area (Å²) in [6.45, 7) is 3.80. The third kappa shape index (κ3) is 3.37. The molecular formula is C13H18Cl2N2O. The van der Waals surface area contributed by atoms with Gasteiger partial charge in [0.15, 0.2) is 0 Å². The van der Waals surface area contributed by atoms with Crippen molar-refractivity contribution in [2.24, 2.45) is 0 Å². The Bertz CT molecular complexity index is 411. The predicted octanol–water partition coefficient (Wildman–Crippen LogP) is 2.50. The van der Waals surface area contributed by atoms with Gasteiger partial charge in [0, 0.05) is 30.2 Å². The molecule has 1 N–H and O–H groups in total. The zero-order valence-corrected chi connectivity index (χ0v) is 12.1. The van der Waals surface area contributed by atoms with Crippen molar-refractivity contribution in [2.45, 2.75) is 19.4 Å². The molecule has 1 saturated heterocycles. The number of hydrogen-bond acceptors (Lipinski definition) is 2. The van der Waals surface area contributed by atoms with E-state index in [4.69, 9.17) is 11.6 Å². The van der Waals surface area contributed by atoms with Crippen molar-refractivity contribution in [3.8, 4) is 0 Å². The summed E-state index contributed by atoms with van der Waals surface area (Å²) in [5.41, 5.74) is 1.68. The third-order valence-electron chi connectivity index (χ3n) is 3.19. The summed E-state index contributed by atoms with van der Waals surface area (Å²) in [7, 11) is 1.86. The van der Waals surface area contributed by atoms with Crippen molar-refractivity contribution in [2.75, 3.05) is 20.1 Å². The number of amides is 1. The van der Waals surface area contributed by atoms with E-state index < -0.39 is 0 Å². The van der Waals surface area contributed by atoms with E-state index in [0.29, 0.717) is 16.6 Å². The van der Waals surface area contributed by atoms with Gasteiger partial charge < -0.3 is 10.2 Å². The van der Waals surface area contributed by atoms with E-state index in [0.717, 1.165) is 25.1 Å². The zero-order chi connectivity index (χ0) is 12.4. The van der Waals surface area contributed by atoms with Crippen LogP contribution in [0.3, 0.4) is 0 Å². The van der Waals surface area contributed by atoms with Gasteiger partial charge in [0.1, 0.15) is 0 Å². The van der Waals surface area contributed by atoms with Gasteiger partial charge in [0.25, 0.3) is 5.91 Å². The Morgan fingerprint density at radius 1 is 1.44 bits per heavy atom. The maximum absolute atomic E-state index is 12.3. The number of carbonyl (C=O) groups is 1. The summed E-state index contributed by atoms with van der Waals surface area (Å²) in [6.07, 6.45) is 1.02. The zero-order valence-electron chi connectivity index (χ0n) is 10.6. The van der Waals surface area contributed by atoms with E-state index in [1.54, 1.807) is 6.07 Å². The molecule has 3 nitrogen and oxygen atoms in total. The molecule has 0 spiro atoms. The summed E-state index contributed by atoms with van der Waals surface area (Å²) in [4.78, 5) is 14.1. The van der Waals surface area contributed by atoms with Crippen molar-refractivity contribution in [1.82, 2.24) is 10.2 Å². The van der Waals surface area contributed by atoms with Gasteiger partial charge in [-0.25, -0.2) is 0 Å². The summed E-state index contributed by atoms with van der Waals surface area (Å²) < 4.78 is 0. The molecular weight excluding hydrogens is 271 g/mol. The normalized spacial score (nSPS) is 18.3. The second-order valence-corrected chi connectivity index (χ2v) is 5.02. The standard InChI is InChI=1S/C13H17ClN2O.ClH/c1-9-5-10(7-11(14)6-9)13(17)16(2)12-3-4-15-8-12;/h5-7,12,15H,3-4,8H2,1-2H3;1H. The minimum absolute atomic E-state index is 0. The lowest BCUT2D eigenvalue weighted by Gasteiger charge is -2.24. The Morgan fingerprint density at radius 2 is 2.17 bits per heavy atom. The topological polar surface area (TPSA) is 32.3 Å². The van der Waals surface area contributed by atoms with Crippen LogP contribution in [0.1, 0.15) is 22.3 Å². The van der Waals surface area contributed by atoms with Crippen molar-refractivity contribution in [3.05, 3.63) is 34.3 Å². The minimum Gasteiger partial charge on any atom is -0.337 e. The average Bonchev–Trinajstić information content (AvgIpc) is 2.79. The molecule has 0 radical (unpaired) electrons. The Balaban J connectivity index is 0.00000162. The Morgan fingerprint density at radius 3 is 2.72 bits per heavy atom. The van der Waals surface area contributed by atoms with Crippen LogP contribution in [0.25, 0.3) is 0 Å². The molecule has 1 aliphatic rings. The molecule has 0 saturated carbocycles. The molecule has 1 aromatic carbocycles. The first-order chi connectivity index (χ1) is 8.08. The first kappa shape index (κ1) is 15.3. The Hall–Kier alpha value is -0.770. The van der Waals surface area contributed by atoms with Crippen LogP contribution in [0.4, 0.5) is 0 Å². The molecule has 0 bridgehead atoms. The molecule has 0 aromatic heterocycles. The van der Waals surface area contributed by atoms with Crippen LogP contribution in [0.5, 0.6) is 0 Å². The van der Waals surface area contributed by atoms with Crippen LogP contribution in [0, 0.1) is 6.92 Å². The molecule has 1 atom stereocenters. The van der Waals surface area contributed by atoms with Gasteiger partial charge in [-0.3, -0.25) is 4.79 Å². The number of benzene rings is 1. The van der Waals surface area contributed by atoms with Gasteiger partial charge in [-0.1, -0.05) is 11.6 Å². The highest BCUT2D eigenvalue weighted by Gasteiger charge is 2.24. The molecule has 1 amide bonds. The van der Waals surface area contributed by atoms with Crippen molar-refractivity contribution < 1.29 is 4.79 Å². The molecule has 2 rings (SSSR count). The number of halogens is 2. The second-order valence-electron chi connectivity index (χ2n) is 4.58. The fourth-order valence-corrected chi connectivity index (χ4v) is 2.49. The molecule has 18 heavy (non-hydrogen) atoms. The van der Waals surface area contributed by atoms with E-state index in [1.807, 2.05) is 31.0 Å². The SMILES string of the molecule is Cc1cc(Cl)cc(C(=O)N(C)C2CCNC2)c1.Cl. The predicted molar refractivity (Wildman–Crippen MR) is 76.8 cm³/mol. The van der Waals surface area contributed by atoms with E-state index >= 15 is 0 Å². The molecule has 1 unspecified atom stereocenters. The van der Waals surface area contributed by atoms with Crippen LogP contribution < -0.4 is 5.32 Å². The van der Waals surface area contributed by atoms with Gasteiger partial charge in [-0.15, -0.1) is 12.4 Å². The number of nitrogens with zero attached hydrogens (tertiary/aromatic N) is 1. The summed E-state index contributed by atoms with van der Waals surface area (Å²) in [6, 6.07) is 5.76. The van der Waals surface area contributed by atoms with Crippen LogP contribution in [-0.2, 0) is 0 Å². The summed E-state index contributed by atoms with van der Waals surface area (Å²) in [5, 5.41) is 3.88. The number of nitrogens with one attached hydrogen (secondary N) is 1. The number of hydrogen-bond donors (Lipinski definition) is 1. The maximum atomic E-state index is 12.3. The largest absolute Gasteiger partial charge is 0.337 e. The maximum Gasteiger partial charge on any atom is 0.253 e. The molecule has 1 heterocycles. The lowest BCUT2D eigenvalue weighted by molar-refractivity contribution is 0.0743. The lowest BCUT2D eigenvalue weighted by Crippen LogP contribution is -2.38. The molecule has 100 valence electrons. The van der Waals surface area contributed by atoms with Gasteiger partial charge in [0.05, 0.1) is 0 Å². The van der Waals surface area contributed by atoms with Crippen LogP contribution >= 0.6 is 24.0 Å². The lowest BCUT2D eigenvalue weighted by atomic mass is 10.1. The summed E-state index contributed by atoms with van der Waals surface area (Å²) >= 11 is 5.98. The van der Waals surface area contributed by atoms with Gasteiger partial charge >= 0.3 is 0 Å². The average molecular weight is 289 g/mol. The smallest absolute Gasteiger partial charge is 0.253 e. The first-order valence-corrected chi connectivity index (χ1v) is 6.21. The van der Waals surface area contributed by atoms with E-state index in [2.05, 4.69) is 5.32 Å². The van der Waals surface area contributed by atoms with E-state index in [9.17, 15) is 4.79 Å². The van der Waals surface area contributed by atoms with Crippen molar-refractivity contribution in [1.29, 1.82) is 0 Å². The minimum atomic E-state index is 0. The van der Waals surface area contributed by atoms with Crippen molar-refractivity contribution >= 4 is 29.9 Å². The third-order valence-corrected chi connectivity index (χ3v) is 3.41. The molecule has 1 aliphatic heterocycles. The molecule has 1 fully saturated rings. The van der Waals surface area contributed by atoms with Gasteiger partial charge in [0.2, 0.25) is 0 Å². The summed E-state index contributed by atoms with van der Waals surface area (Å²) in [5.74, 6) is 0.0456. The second kappa shape index (κ2) is 6.41. The Kier molecular flexibility index (Phi) is 5.45. The Labute approximate surface area is 119 Å². The highest BCUT2D eigenvalue weighted by molar-refractivity contribution is 6.31. The molecule has 5 heteroatoms. The van der Waals surface area contributed by atoms with Gasteiger partial charge in [-0.05, 0) is 43.7 Å². The fraction of sp³-hybridized carbons (Fsp3) is 0.462. The highest BCUT2D eigenvalue weighted by Crippen LogP contribution is 2.17. The van der Waals surface area contributed by atoms with Crippen LogP contribution in [-0.4, -0.2) is 37.0 Å². The highest BCUT2D eigenvalue weighted by atomic mass is 35.5. The number of carbonyl (C=O) groups excluding carboxylic acids is 1. The van der Waals surface area contributed by atoms with Crippen LogP contribution in [0.2, 0.25) is 5.02 Å². The molecule has 0 aliphatic carbocycles. The monoisotopic (exact) mass is 288 g/mol. The number of likely N-dealkylation sites (N-methyl/N-ethyl adjacent to an activating group) is 1. The number of rotatable bonds is 2. The van der Waals surface area contributed by atoms with E-state index in [-0.39, 0.29) is 18.3 Å². The first-order valence-electron chi connectivity index (χ1n) is 5.83. The fourth-order valence-electron chi connectivity index (χ4n) is 2.20. The molecule has 1 aromatic rings. The van der Waals surface area contributed by atoms with Gasteiger partial charge in [-0.2, -0.15) is 0 Å². The van der Waals surface area contributed by atoms with Crippen molar-refractivity contribution in [3.63, 3.8) is 0 Å². The quantitative estimate of drug-likeness (QED) is 0.907.